The monoisotopic (exact) mass is 290 g/mol. The molecule has 1 aliphatic rings. The van der Waals surface area contributed by atoms with Crippen LogP contribution >= 0.6 is 11.3 Å². The number of nitrogens with one attached hydrogen (secondary N) is 1. The normalized spacial score (nSPS) is 19.6. The zero-order valence-corrected chi connectivity index (χ0v) is 11.3. The van der Waals surface area contributed by atoms with E-state index < -0.39 is 23.5 Å². The SMILES string of the molecule is CCC(NC(=O)C(F)(F)C1(O)CCC1)c1nccs1. The van der Waals surface area contributed by atoms with E-state index in [9.17, 15) is 18.7 Å². The van der Waals surface area contributed by atoms with Gasteiger partial charge in [0.2, 0.25) is 0 Å². The first-order valence-corrected chi connectivity index (χ1v) is 7.09. The number of nitrogens with zero attached hydrogens (tertiary/aromatic N) is 1. The molecule has 2 rings (SSSR count). The molecule has 1 aromatic rings. The highest BCUT2D eigenvalue weighted by Crippen LogP contribution is 2.44. The van der Waals surface area contributed by atoms with Crippen LogP contribution in [-0.4, -0.2) is 27.5 Å². The van der Waals surface area contributed by atoms with Crippen LogP contribution in [0.1, 0.15) is 43.7 Å². The van der Waals surface area contributed by atoms with E-state index in [-0.39, 0.29) is 12.8 Å². The van der Waals surface area contributed by atoms with E-state index in [4.69, 9.17) is 0 Å². The van der Waals surface area contributed by atoms with Gasteiger partial charge in [-0.3, -0.25) is 4.79 Å². The highest BCUT2D eigenvalue weighted by molar-refractivity contribution is 7.09. The van der Waals surface area contributed by atoms with Crippen molar-refractivity contribution in [2.45, 2.75) is 50.2 Å². The molecule has 19 heavy (non-hydrogen) atoms. The molecule has 7 heteroatoms. The molecule has 0 saturated heterocycles. The minimum absolute atomic E-state index is 0.0402. The topological polar surface area (TPSA) is 62.2 Å². The van der Waals surface area contributed by atoms with Crippen molar-refractivity contribution in [1.29, 1.82) is 0 Å². The summed E-state index contributed by atoms with van der Waals surface area (Å²) in [5.41, 5.74) is -2.18. The summed E-state index contributed by atoms with van der Waals surface area (Å²) < 4.78 is 27.8. The Hall–Kier alpha value is -1.08. The van der Waals surface area contributed by atoms with Gasteiger partial charge in [-0.15, -0.1) is 11.3 Å². The largest absolute Gasteiger partial charge is 0.383 e. The lowest BCUT2D eigenvalue weighted by Gasteiger charge is -2.41. The number of aromatic nitrogens is 1. The molecule has 1 heterocycles. The van der Waals surface area contributed by atoms with Crippen LogP contribution in [0.2, 0.25) is 0 Å². The van der Waals surface area contributed by atoms with E-state index in [1.807, 2.05) is 0 Å². The first kappa shape index (κ1) is 14.3. The maximum atomic E-state index is 13.9. The number of hydrogen-bond acceptors (Lipinski definition) is 4. The fraction of sp³-hybridized carbons (Fsp3) is 0.667. The smallest absolute Gasteiger partial charge is 0.352 e. The predicted octanol–water partition coefficient (Wildman–Crippen LogP) is 2.26. The van der Waals surface area contributed by atoms with Crippen molar-refractivity contribution in [3.05, 3.63) is 16.6 Å². The second kappa shape index (κ2) is 5.13. The number of alkyl halides is 2. The molecule has 1 fully saturated rings. The number of hydrogen-bond donors (Lipinski definition) is 2. The Morgan fingerprint density at radius 2 is 2.37 bits per heavy atom. The lowest BCUT2D eigenvalue weighted by atomic mass is 9.75. The Morgan fingerprint density at radius 1 is 1.68 bits per heavy atom. The molecule has 0 bridgehead atoms. The summed E-state index contributed by atoms with van der Waals surface area (Å²) in [6.07, 6.45) is 2.46. The lowest BCUT2D eigenvalue weighted by Crippen LogP contribution is -2.60. The number of halogens is 2. The van der Waals surface area contributed by atoms with Crippen LogP contribution in [0.4, 0.5) is 8.78 Å². The van der Waals surface area contributed by atoms with E-state index in [0.29, 0.717) is 17.8 Å². The average molecular weight is 290 g/mol. The van der Waals surface area contributed by atoms with Crippen molar-refractivity contribution < 1.29 is 18.7 Å². The summed E-state index contributed by atoms with van der Waals surface area (Å²) in [5.74, 6) is -5.17. The highest BCUT2D eigenvalue weighted by Gasteiger charge is 2.61. The zero-order valence-electron chi connectivity index (χ0n) is 10.5. The molecule has 1 unspecified atom stereocenters. The first-order chi connectivity index (χ1) is 8.90. The maximum Gasteiger partial charge on any atom is 0.352 e. The van der Waals surface area contributed by atoms with E-state index in [1.54, 1.807) is 18.5 Å². The van der Waals surface area contributed by atoms with Gasteiger partial charge < -0.3 is 10.4 Å². The predicted molar refractivity (Wildman–Crippen MR) is 67.0 cm³/mol. The molecule has 0 radical (unpaired) electrons. The molecule has 1 atom stereocenters. The Morgan fingerprint density at radius 3 is 2.79 bits per heavy atom. The van der Waals surface area contributed by atoms with Crippen molar-refractivity contribution in [1.82, 2.24) is 10.3 Å². The van der Waals surface area contributed by atoms with Gasteiger partial charge in [0, 0.05) is 11.6 Å². The number of carbonyl (C=O) groups is 1. The molecule has 1 aliphatic carbocycles. The Balaban J connectivity index is 2.07. The number of thiazole rings is 1. The summed E-state index contributed by atoms with van der Waals surface area (Å²) in [7, 11) is 0. The Bertz CT molecular complexity index is 447. The molecule has 4 nitrogen and oxygen atoms in total. The second-order valence-corrected chi connectivity index (χ2v) is 5.69. The van der Waals surface area contributed by atoms with Crippen molar-refractivity contribution in [3.8, 4) is 0 Å². The van der Waals surface area contributed by atoms with Crippen LogP contribution in [-0.2, 0) is 4.79 Å². The van der Waals surface area contributed by atoms with Crippen LogP contribution in [0, 0.1) is 0 Å². The molecule has 0 spiro atoms. The highest BCUT2D eigenvalue weighted by atomic mass is 32.1. The van der Waals surface area contributed by atoms with Crippen molar-refractivity contribution in [3.63, 3.8) is 0 Å². The molecule has 106 valence electrons. The van der Waals surface area contributed by atoms with Gasteiger partial charge in [-0.25, -0.2) is 4.98 Å². The van der Waals surface area contributed by atoms with Crippen LogP contribution in [0.3, 0.4) is 0 Å². The van der Waals surface area contributed by atoms with Gasteiger partial charge in [0.15, 0.2) is 0 Å². The van der Waals surface area contributed by atoms with Crippen LogP contribution in [0.15, 0.2) is 11.6 Å². The molecule has 1 saturated carbocycles. The third kappa shape index (κ3) is 2.49. The third-order valence-electron chi connectivity index (χ3n) is 3.51. The second-order valence-electron chi connectivity index (χ2n) is 4.76. The molecule has 1 amide bonds. The Labute approximate surface area is 113 Å². The van der Waals surface area contributed by atoms with E-state index >= 15 is 0 Å². The van der Waals surface area contributed by atoms with Crippen molar-refractivity contribution in [2.24, 2.45) is 0 Å². The molecule has 0 aromatic carbocycles. The standard InChI is InChI=1S/C12H16F2N2O2S/c1-2-8(9-15-6-7-19-9)16-10(17)12(13,14)11(18)4-3-5-11/h6-8,18H,2-5H2,1H3,(H,16,17). The summed E-state index contributed by atoms with van der Waals surface area (Å²) in [6, 6.07) is -0.540. The minimum atomic E-state index is -3.75. The van der Waals surface area contributed by atoms with Crippen LogP contribution in [0.25, 0.3) is 0 Å². The van der Waals surface area contributed by atoms with Gasteiger partial charge in [0.1, 0.15) is 10.6 Å². The maximum absolute atomic E-state index is 13.9. The van der Waals surface area contributed by atoms with E-state index in [0.717, 1.165) is 0 Å². The number of amides is 1. The van der Waals surface area contributed by atoms with Gasteiger partial charge in [-0.2, -0.15) is 8.78 Å². The molecular formula is C12H16F2N2O2S. The fourth-order valence-electron chi connectivity index (χ4n) is 2.03. The molecule has 1 aromatic heterocycles. The third-order valence-corrected chi connectivity index (χ3v) is 4.40. The molecular weight excluding hydrogens is 274 g/mol. The van der Waals surface area contributed by atoms with Crippen molar-refractivity contribution >= 4 is 17.2 Å². The summed E-state index contributed by atoms with van der Waals surface area (Å²) in [4.78, 5) is 15.7. The average Bonchev–Trinajstić information content (AvgIpc) is 2.85. The van der Waals surface area contributed by atoms with Gasteiger partial charge >= 0.3 is 5.92 Å². The minimum Gasteiger partial charge on any atom is -0.383 e. The van der Waals surface area contributed by atoms with E-state index in [1.165, 1.54) is 11.3 Å². The van der Waals surface area contributed by atoms with Crippen LogP contribution < -0.4 is 5.32 Å². The quantitative estimate of drug-likeness (QED) is 0.874. The number of carbonyl (C=O) groups excluding carboxylic acids is 1. The number of aliphatic hydroxyl groups is 1. The first-order valence-electron chi connectivity index (χ1n) is 6.21. The fourth-order valence-corrected chi connectivity index (χ4v) is 2.80. The van der Waals surface area contributed by atoms with Crippen molar-refractivity contribution in [2.75, 3.05) is 0 Å². The van der Waals surface area contributed by atoms with Gasteiger partial charge in [0.05, 0.1) is 6.04 Å². The summed E-state index contributed by atoms with van der Waals surface area (Å²) in [6.45, 7) is 1.78. The number of rotatable bonds is 5. The lowest BCUT2D eigenvalue weighted by molar-refractivity contribution is -0.216. The van der Waals surface area contributed by atoms with Gasteiger partial charge in [-0.05, 0) is 25.7 Å². The van der Waals surface area contributed by atoms with Gasteiger partial charge in [-0.1, -0.05) is 6.92 Å². The Kier molecular flexibility index (Phi) is 3.87. The van der Waals surface area contributed by atoms with Gasteiger partial charge in [0.25, 0.3) is 5.91 Å². The zero-order chi connectivity index (χ0) is 14.1. The van der Waals surface area contributed by atoms with E-state index in [2.05, 4.69) is 10.3 Å². The molecule has 2 N–H and O–H groups in total. The van der Waals surface area contributed by atoms with Crippen LogP contribution in [0.5, 0.6) is 0 Å². The summed E-state index contributed by atoms with van der Waals surface area (Å²) >= 11 is 1.30. The summed E-state index contributed by atoms with van der Waals surface area (Å²) in [5, 5.41) is 14.3. The molecule has 0 aliphatic heterocycles.